The number of halogens is 1. The van der Waals surface area contributed by atoms with Gasteiger partial charge in [0.05, 0.1) is 16.8 Å². The third kappa shape index (κ3) is 2.60. The predicted octanol–water partition coefficient (Wildman–Crippen LogP) is 4.94. The summed E-state index contributed by atoms with van der Waals surface area (Å²) < 4.78 is 15.7. The number of nitrogens with one attached hydrogen (secondary N) is 1. The van der Waals surface area contributed by atoms with Gasteiger partial charge in [-0.1, -0.05) is 35.9 Å². The van der Waals surface area contributed by atoms with Crippen molar-refractivity contribution in [2.24, 2.45) is 0 Å². The Morgan fingerprint density at radius 2 is 1.89 bits per heavy atom. The van der Waals surface area contributed by atoms with E-state index in [4.69, 9.17) is 4.98 Å². The summed E-state index contributed by atoms with van der Waals surface area (Å²) in [5.74, 6) is 0.158. The Morgan fingerprint density at radius 3 is 2.71 bits per heavy atom. The van der Waals surface area contributed by atoms with E-state index < -0.39 is 0 Å². The number of rotatable bonds is 2. The van der Waals surface area contributed by atoms with Gasteiger partial charge in [-0.05, 0) is 43.3 Å². The molecule has 0 spiro atoms. The van der Waals surface area contributed by atoms with Crippen molar-refractivity contribution in [3.8, 4) is 11.4 Å². The number of aryl methyl sites for hydroxylation is 1. The molecule has 3 heterocycles. The molecule has 1 aliphatic rings. The monoisotopic (exact) mass is 369 g/mol. The maximum Gasteiger partial charge on any atom is 0.256 e. The van der Waals surface area contributed by atoms with Crippen molar-refractivity contribution >= 4 is 28.8 Å². The molecule has 0 saturated heterocycles. The number of hydrogen-bond donors (Lipinski definition) is 1. The third-order valence-corrected chi connectivity index (χ3v) is 4.93. The van der Waals surface area contributed by atoms with Gasteiger partial charge in [-0.2, -0.15) is 0 Å². The van der Waals surface area contributed by atoms with Crippen LogP contribution in [0.15, 0.2) is 66.9 Å². The summed E-state index contributed by atoms with van der Waals surface area (Å²) in [7, 11) is 0. The van der Waals surface area contributed by atoms with Crippen LogP contribution in [0.2, 0.25) is 0 Å². The standard InChI is InChI=1S/C23H16FN3O/c1-14-5-7-15(8-6-14)22-25-20(21-4-2-3-11-27(21)22)13-18-17-12-16(24)9-10-19(17)26-23(18)28/h2-13H,1H3,(H,26,28)/b18-13+. The van der Waals surface area contributed by atoms with Gasteiger partial charge in [0.1, 0.15) is 11.6 Å². The normalized spacial score (nSPS) is 14.5. The summed E-state index contributed by atoms with van der Waals surface area (Å²) in [5, 5.41) is 2.78. The average Bonchev–Trinajstić information content (AvgIpc) is 3.21. The summed E-state index contributed by atoms with van der Waals surface area (Å²) >= 11 is 0. The second kappa shape index (κ2) is 6.16. The van der Waals surface area contributed by atoms with Crippen LogP contribution in [0.4, 0.5) is 10.1 Å². The highest BCUT2D eigenvalue weighted by Crippen LogP contribution is 2.34. The molecule has 5 heteroatoms. The van der Waals surface area contributed by atoms with Gasteiger partial charge >= 0.3 is 0 Å². The van der Waals surface area contributed by atoms with Crippen molar-refractivity contribution in [1.82, 2.24) is 9.38 Å². The van der Waals surface area contributed by atoms with Crippen LogP contribution < -0.4 is 5.32 Å². The topological polar surface area (TPSA) is 46.4 Å². The molecular formula is C23H16FN3O. The summed E-state index contributed by atoms with van der Waals surface area (Å²) in [6.45, 7) is 2.04. The highest BCUT2D eigenvalue weighted by molar-refractivity contribution is 6.35. The van der Waals surface area contributed by atoms with Crippen LogP contribution in [0.1, 0.15) is 16.8 Å². The zero-order valence-electron chi connectivity index (χ0n) is 15.1. The Balaban J connectivity index is 1.71. The number of pyridine rings is 1. The molecule has 28 heavy (non-hydrogen) atoms. The molecule has 0 saturated carbocycles. The first-order valence-corrected chi connectivity index (χ1v) is 8.97. The van der Waals surface area contributed by atoms with Crippen LogP contribution in [-0.2, 0) is 4.79 Å². The molecule has 4 nitrogen and oxygen atoms in total. The van der Waals surface area contributed by atoms with Crippen molar-refractivity contribution in [3.63, 3.8) is 0 Å². The summed E-state index contributed by atoms with van der Waals surface area (Å²) in [6.07, 6.45) is 3.68. The first-order chi connectivity index (χ1) is 13.6. The lowest BCUT2D eigenvalue weighted by Gasteiger charge is -2.01. The number of imidazole rings is 1. The lowest BCUT2D eigenvalue weighted by atomic mass is 10.1. The van der Waals surface area contributed by atoms with E-state index in [-0.39, 0.29) is 11.7 Å². The van der Waals surface area contributed by atoms with Crippen molar-refractivity contribution in [1.29, 1.82) is 0 Å². The summed E-state index contributed by atoms with van der Waals surface area (Å²) in [6, 6.07) is 18.3. The van der Waals surface area contributed by atoms with E-state index in [0.717, 1.165) is 16.9 Å². The van der Waals surface area contributed by atoms with Gasteiger partial charge in [0.25, 0.3) is 5.91 Å². The van der Waals surface area contributed by atoms with E-state index in [9.17, 15) is 9.18 Å². The Morgan fingerprint density at radius 1 is 1.07 bits per heavy atom. The Hall–Kier alpha value is -3.73. The zero-order chi connectivity index (χ0) is 19.3. The number of benzene rings is 2. The van der Waals surface area contributed by atoms with E-state index in [1.54, 1.807) is 12.1 Å². The maximum absolute atomic E-state index is 13.7. The Bertz CT molecular complexity index is 1270. The minimum atomic E-state index is -0.379. The molecule has 0 fully saturated rings. The molecule has 0 radical (unpaired) electrons. The number of anilines is 1. The average molecular weight is 369 g/mol. The van der Waals surface area contributed by atoms with Crippen LogP contribution >= 0.6 is 0 Å². The van der Waals surface area contributed by atoms with Gasteiger partial charge in [-0.15, -0.1) is 0 Å². The predicted molar refractivity (Wildman–Crippen MR) is 108 cm³/mol. The molecule has 0 unspecified atom stereocenters. The quantitative estimate of drug-likeness (QED) is 0.509. The van der Waals surface area contributed by atoms with Gasteiger partial charge in [0.2, 0.25) is 0 Å². The van der Waals surface area contributed by atoms with E-state index in [1.165, 1.54) is 17.7 Å². The summed E-state index contributed by atoms with van der Waals surface area (Å²) in [5.41, 5.74) is 5.28. The fourth-order valence-electron chi connectivity index (χ4n) is 3.51. The largest absolute Gasteiger partial charge is 0.321 e. The van der Waals surface area contributed by atoms with Crippen molar-refractivity contribution in [2.75, 3.05) is 5.32 Å². The number of carbonyl (C=O) groups excluding carboxylic acids is 1. The molecular weight excluding hydrogens is 353 g/mol. The Kier molecular flexibility index (Phi) is 3.62. The van der Waals surface area contributed by atoms with Gasteiger partial charge < -0.3 is 5.32 Å². The molecule has 5 rings (SSSR count). The molecule has 1 amide bonds. The number of hydrogen-bond acceptors (Lipinski definition) is 2. The Labute approximate surface area is 161 Å². The van der Waals surface area contributed by atoms with Gasteiger partial charge in [-0.3, -0.25) is 9.20 Å². The van der Waals surface area contributed by atoms with Gasteiger partial charge in [0, 0.05) is 23.0 Å². The lowest BCUT2D eigenvalue weighted by Crippen LogP contribution is -2.03. The van der Waals surface area contributed by atoms with E-state index >= 15 is 0 Å². The number of amides is 1. The SMILES string of the molecule is Cc1ccc(-c2nc(/C=C3/C(=O)Nc4ccc(F)cc43)c3ccccn23)cc1. The number of aromatic nitrogens is 2. The second-order valence-electron chi connectivity index (χ2n) is 6.84. The molecule has 4 aromatic rings. The van der Waals surface area contributed by atoms with Gasteiger partial charge in [-0.25, -0.2) is 9.37 Å². The van der Waals surface area contributed by atoms with Crippen LogP contribution in [0.25, 0.3) is 28.6 Å². The van der Waals surface area contributed by atoms with Crippen LogP contribution in [0.5, 0.6) is 0 Å². The molecule has 2 aromatic carbocycles. The van der Waals surface area contributed by atoms with E-state index in [2.05, 4.69) is 5.32 Å². The van der Waals surface area contributed by atoms with E-state index in [0.29, 0.717) is 22.5 Å². The molecule has 2 aromatic heterocycles. The smallest absolute Gasteiger partial charge is 0.256 e. The lowest BCUT2D eigenvalue weighted by molar-refractivity contribution is -0.110. The first-order valence-electron chi connectivity index (χ1n) is 8.97. The minimum absolute atomic E-state index is 0.255. The highest BCUT2D eigenvalue weighted by Gasteiger charge is 2.25. The molecule has 0 atom stereocenters. The molecule has 0 bridgehead atoms. The van der Waals surface area contributed by atoms with Gasteiger partial charge in [0.15, 0.2) is 0 Å². The molecule has 136 valence electrons. The number of carbonyl (C=O) groups is 1. The molecule has 1 aliphatic heterocycles. The van der Waals surface area contributed by atoms with Crippen molar-refractivity contribution < 1.29 is 9.18 Å². The fourth-order valence-corrected chi connectivity index (χ4v) is 3.51. The minimum Gasteiger partial charge on any atom is -0.321 e. The second-order valence-corrected chi connectivity index (χ2v) is 6.84. The summed E-state index contributed by atoms with van der Waals surface area (Å²) in [4.78, 5) is 17.3. The maximum atomic E-state index is 13.7. The highest BCUT2D eigenvalue weighted by atomic mass is 19.1. The van der Waals surface area contributed by atoms with Crippen LogP contribution in [0, 0.1) is 12.7 Å². The van der Waals surface area contributed by atoms with Crippen LogP contribution in [0.3, 0.4) is 0 Å². The fraction of sp³-hybridized carbons (Fsp3) is 0.0435. The molecule has 0 aliphatic carbocycles. The number of fused-ring (bicyclic) bond motifs is 2. The van der Waals surface area contributed by atoms with Crippen molar-refractivity contribution in [3.05, 3.63) is 89.5 Å². The third-order valence-electron chi connectivity index (χ3n) is 4.93. The van der Waals surface area contributed by atoms with Crippen molar-refractivity contribution in [2.45, 2.75) is 6.92 Å². The number of nitrogens with zero attached hydrogens (tertiary/aromatic N) is 2. The van der Waals surface area contributed by atoms with E-state index in [1.807, 2.05) is 60.0 Å². The first kappa shape index (κ1) is 16.4. The zero-order valence-corrected chi connectivity index (χ0v) is 15.1. The molecule has 1 N–H and O–H groups in total. The van der Waals surface area contributed by atoms with Crippen LogP contribution in [-0.4, -0.2) is 15.3 Å².